The first-order valence-corrected chi connectivity index (χ1v) is 4.26. The van der Waals surface area contributed by atoms with Gasteiger partial charge in [-0.25, -0.2) is 9.97 Å². The molecule has 0 N–H and O–H groups in total. The second-order valence-electron chi connectivity index (χ2n) is 2.39. The van der Waals surface area contributed by atoms with E-state index in [0.717, 1.165) is 9.53 Å². The van der Waals surface area contributed by atoms with Crippen molar-refractivity contribution < 1.29 is 0 Å². The Labute approximate surface area is 74.2 Å². The van der Waals surface area contributed by atoms with Crippen LogP contribution in [0.2, 0.25) is 0 Å². The van der Waals surface area contributed by atoms with Crippen molar-refractivity contribution in [1.29, 1.82) is 0 Å². The lowest BCUT2D eigenvalue weighted by Gasteiger charge is -2.00. The summed E-state index contributed by atoms with van der Waals surface area (Å²) in [5, 5.41) is 0. The Kier molecular flexibility index (Phi) is 2.59. The van der Waals surface area contributed by atoms with Gasteiger partial charge in [-0.3, -0.25) is 0 Å². The van der Waals surface area contributed by atoms with Crippen LogP contribution in [-0.2, 0) is 0 Å². The summed E-state index contributed by atoms with van der Waals surface area (Å²) in [5.74, 6) is 1.35. The number of rotatable bonds is 1. The lowest BCUT2D eigenvalue weighted by atomic mass is 10.2. The Balaban J connectivity index is 2.96. The molecule has 0 radical (unpaired) electrons. The molecule has 0 aromatic carbocycles. The van der Waals surface area contributed by atoms with Crippen LogP contribution in [0.15, 0.2) is 12.3 Å². The van der Waals surface area contributed by atoms with E-state index in [1.165, 1.54) is 0 Å². The SMILES string of the molecule is CC(C)c1nccc(I)n1. The lowest BCUT2D eigenvalue weighted by molar-refractivity contribution is 0.768. The zero-order valence-electron chi connectivity index (χ0n) is 6.00. The van der Waals surface area contributed by atoms with Crippen molar-refractivity contribution in [3.05, 3.63) is 21.8 Å². The van der Waals surface area contributed by atoms with Gasteiger partial charge in [-0.05, 0) is 28.7 Å². The van der Waals surface area contributed by atoms with Crippen LogP contribution in [0.1, 0.15) is 25.6 Å². The molecule has 1 aromatic rings. The molecule has 10 heavy (non-hydrogen) atoms. The lowest BCUT2D eigenvalue weighted by Crippen LogP contribution is -1.97. The summed E-state index contributed by atoms with van der Waals surface area (Å²) < 4.78 is 1.01. The van der Waals surface area contributed by atoms with Crippen LogP contribution in [0, 0.1) is 3.70 Å². The highest BCUT2D eigenvalue weighted by atomic mass is 127. The van der Waals surface area contributed by atoms with Gasteiger partial charge in [-0.1, -0.05) is 13.8 Å². The van der Waals surface area contributed by atoms with Crippen molar-refractivity contribution in [2.75, 3.05) is 0 Å². The van der Waals surface area contributed by atoms with E-state index >= 15 is 0 Å². The fourth-order valence-electron chi connectivity index (χ4n) is 0.629. The first-order chi connectivity index (χ1) is 4.70. The molecule has 0 aliphatic carbocycles. The highest BCUT2D eigenvalue weighted by Crippen LogP contribution is 2.08. The van der Waals surface area contributed by atoms with Gasteiger partial charge in [-0.2, -0.15) is 0 Å². The Morgan fingerprint density at radius 3 is 2.60 bits per heavy atom. The molecule has 0 aliphatic heterocycles. The van der Waals surface area contributed by atoms with Crippen molar-refractivity contribution in [3.8, 4) is 0 Å². The molecule has 0 atom stereocenters. The van der Waals surface area contributed by atoms with Gasteiger partial charge >= 0.3 is 0 Å². The molecule has 0 aliphatic rings. The first kappa shape index (κ1) is 7.91. The second-order valence-corrected chi connectivity index (χ2v) is 3.50. The maximum Gasteiger partial charge on any atom is 0.132 e. The molecule has 54 valence electrons. The average Bonchev–Trinajstić information content (AvgIpc) is 1.88. The molecule has 0 saturated heterocycles. The van der Waals surface area contributed by atoms with E-state index in [1.54, 1.807) is 6.20 Å². The van der Waals surface area contributed by atoms with Crippen LogP contribution in [0.4, 0.5) is 0 Å². The Morgan fingerprint density at radius 2 is 2.20 bits per heavy atom. The molecule has 0 amide bonds. The van der Waals surface area contributed by atoms with Crippen molar-refractivity contribution in [2.24, 2.45) is 0 Å². The molecular weight excluding hydrogens is 239 g/mol. The monoisotopic (exact) mass is 248 g/mol. The topological polar surface area (TPSA) is 25.8 Å². The third kappa shape index (κ3) is 1.90. The number of nitrogens with zero attached hydrogens (tertiary/aromatic N) is 2. The van der Waals surface area contributed by atoms with E-state index in [-0.39, 0.29) is 0 Å². The number of aromatic nitrogens is 2. The van der Waals surface area contributed by atoms with Crippen LogP contribution in [0.25, 0.3) is 0 Å². The van der Waals surface area contributed by atoms with Gasteiger partial charge < -0.3 is 0 Å². The summed E-state index contributed by atoms with van der Waals surface area (Å²) in [6.45, 7) is 4.18. The average molecular weight is 248 g/mol. The molecule has 1 heterocycles. The molecule has 0 saturated carbocycles. The van der Waals surface area contributed by atoms with Crippen LogP contribution in [0.5, 0.6) is 0 Å². The zero-order valence-corrected chi connectivity index (χ0v) is 8.16. The van der Waals surface area contributed by atoms with Crippen LogP contribution in [-0.4, -0.2) is 9.97 Å². The van der Waals surface area contributed by atoms with Crippen molar-refractivity contribution in [1.82, 2.24) is 9.97 Å². The van der Waals surface area contributed by atoms with E-state index in [0.29, 0.717) is 5.92 Å². The van der Waals surface area contributed by atoms with Gasteiger partial charge in [0.15, 0.2) is 0 Å². The minimum Gasteiger partial charge on any atom is -0.241 e. The van der Waals surface area contributed by atoms with Gasteiger partial charge in [-0.15, -0.1) is 0 Å². The summed E-state index contributed by atoms with van der Waals surface area (Å²) in [4.78, 5) is 8.37. The predicted molar refractivity (Wildman–Crippen MR) is 48.8 cm³/mol. The molecule has 0 unspecified atom stereocenters. The zero-order chi connectivity index (χ0) is 7.56. The van der Waals surface area contributed by atoms with Crippen molar-refractivity contribution >= 4 is 22.6 Å². The highest BCUT2D eigenvalue weighted by Gasteiger charge is 2.00. The molecule has 2 nitrogen and oxygen atoms in total. The Hall–Kier alpha value is -0.190. The van der Waals surface area contributed by atoms with Gasteiger partial charge in [0.05, 0.1) is 0 Å². The largest absolute Gasteiger partial charge is 0.241 e. The van der Waals surface area contributed by atoms with E-state index in [4.69, 9.17) is 0 Å². The molecule has 0 fully saturated rings. The van der Waals surface area contributed by atoms with Gasteiger partial charge in [0, 0.05) is 12.1 Å². The minimum atomic E-state index is 0.426. The molecule has 0 spiro atoms. The molecule has 3 heteroatoms. The Bertz CT molecular complexity index is 223. The van der Waals surface area contributed by atoms with E-state index in [1.807, 2.05) is 6.07 Å². The summed E-state index contributed by atoms with van der Waals surface area (Å²) in [5.41, 5.74) is 0. The Morgan fingerprint density at radius 1 is 1.50 bits per heavy atom. The fraction of sp³-hybridized carbons (Fsp3) is 0.429. The second kappa shape index (κ2) is 3.27. The minimum absolute atomic E-state index is 0.426. The standard InChI is InChI=1S/C7H9IN2/c1-5(2)7-9-4-3-6(8)10-7/h3-5H,1-2H3. The van der Waals surface area contributed by atoms with Gasteiger partial charge in [0.2, 0.25) is 0 Å². The number of hydrogen-bond acceptors (Lipinski definition) is 2. The van der Waals surface area contributed by atoms with Crippen molar-refractivity contribution in [2.45, 2.75) is 19.8 Å². The smallest absolute Gasteiger partial charge is 0.132 e. The fourth-order valence-corrected chi connectivity index (χ4v) is 1.04. The quantitative estimate of drug-likeness (QED) is 0.562. The first-order valence-electron chi connectivity index (χ1n) is 3.18. The summed E-state index contributed by atoms with van der Waals surface area (Å²) in [6, 6.07) is 1.90. The normalized spacial score (nSPS) is 10.4. The maximum absolute atomic E-state index is 4.25. The number of hydrogen-bond donors (Lipinski definition) is 0. The van der Waals surface area contributed by atoms with Gasteiger partial charge in [0.25, 0.3) is 0 Å². The molecule has 1 aromatic heterocycles. The van der Waals surface area contributed by atoms with E-state index in [9.17, 15) is 0 Å². The molecular formula is C7H9IN2. The number of halogens is 1. The third-order valence-corrected chi connectivity index (χ3v) is 1.76. The highest BCUT2D eigenvalue weighted by molar-refractivity contribution is 14.1. The maximum atomic E-state index is 4.25. The summed E-state index contributed by atoms with van der Waals surface area (Å²) >= 11 is 2.19. The predicted octanol–water partition coefficient (Wildman–Crippen LogP) is 2.20. The molecule has 1 rings (SSSR count). The van der Waals surface area contributed by atoms with Crippen molar-refractivity contribution in [3.63, 3.8) is 0 Å². The summed E-state index contributed by atoms with van der Waals surface area (Å²) in [6.07, 6.45) is 1.80. The van der Waals surface area contributed by atoms with Crippen LogP contribution >= 0.6 is 22.6 Å². The van der Waals surface area contributed by atoms with Crippen LogP contribution in [0.3, 0.4) is 0 Å². The molecule has 0 bridgehead atoms. The van der Waals surface area contributed by atoms with Gasteiger partial charge in [0.1, 0.15) is 9.53 Å². The van der Waals surface area contributed by atoms with Crippen LogP contribution < -0.4 is 0 Å². The van der Waals surface area contributed by atoms with E-state index in [2.05, 4.69) is 46.4 Å². The third-order valence-electron chi connectivity index (χ3n) is 1.16. The summed E-state index contributed by atoms with van der Waals surface area (Å²) in [7, 11) is 0. The van der Waals surface area contributed by atoms with E-state index < -0.39 is 0 Å².